The predicted molar refractivity (Wildman–Crippen MR) is 100 cm³/mol. The number of hydrogen-bond acceptors (Lipinski definition) is 4. The minimum Gasteiger partial charge on any atom is -0.497 e. The molecular weight excluding hydrogens is 316 g/mol. The Morgan fingerprint density at radius 1 is 1.20 bits per heavy atom. The summed E-state index contributed by atoms with van der Waals surface area (Å²) >= 11 is 0. The maximum absolute atomic E-state index is 5.17. The number of rotatable bonds is 9. The summed E-state index contributed by atoms with van der Waals surface area (Å²) in [6, 6.07) is 8.21. The zero-order valence-electron chi connectivity index (χ0n) is 15.3. The van der Waals surface area contributed by atoms with Gasteiger partial charge in [-0.25, -0.2) is 0 Å². The summed E-state index contributed by atoms with van der Waals surface area (Å²) in [4.78, 5) is 4.25. The largest absolute Gasteiger partial charge is 0.497 e. The van der Waals surface area contributed by atoms with E-state index < -0.39 is 0 Å². The van der Waals surface area contributed by atoms with Crippen LogP contribution in [0.2, 0.25) is 0 Å². The Labute approximate surface area is 149 Å². The number of aliphatic imine (C=N–C) groups is 1. The lowest BCUT2D eigenvalue weighted by Crippen LogP contribution is -2.39. The van der Waals surface area contributed by atoms with Crippen molar-refractivity contribution in [3.8, 4) is 5.75 Å². The van der Waals surface area contributed by atoms with Gasteiger partial charge in [-0.05, 0) is 30.5 Å². The molecule has 0 saturated carbocycles. The van der Waals surface area contributed by atoms with Crippen LogP contribution in [0.4, 0.5) is 0 Å². The van der Waals surface area contributed by atoms with E-state index in [2.05, 4.69) is 49.4 Å². The normalized spacial score (nSPS) is 11.4. The number of aromatic nitrogens is 3. The second-order valence-electron chi connectivity index (χ2n) is 5.67. The molecule has 2 N–H and O–H groups in total. The molecule has 0 spiro atoms. The summed E-state index contributed by atoms with van der Waals surface area (Å²) in [6.45, 7) is 4.56. The number of ether oxygens (including phenoxy) is 1. The fourth-order valence-corrected chi connectivity index (χ4v) is 2.55. The van der Waals surface area contributed by atoms with E-state index in [0.29, 0.717) is 0 Å². The average molecular weight is 344 g/mol. The molecule has 0 unspecified atom stereocenters. The fraction of sp³-hybridized carbons (Fsp3) is 0.500. The van der Waals surface area contributed by atoms with Gasteiger partial charge in [0.2, 0.25) is 0 Å². The molecule has 1 aromatic heterocycles. The summed E-state index contributed by atoms with van der Waals surface area (Å²) < 4.78 is 7.23. The second kappa shape index (κ2) is 10.3. The first-order chi connectivity index (χ1) is 12.3. The van der Waals surface area contributed by atoms with Crippen LogP contribution in [0.3, 0.4) is 0 Å². The van der Waals surface area contributed by atoms with E-state index in [1.807, 2.05) is 12.1 Å². The van der Waals surface area contributed by atoms with Gasteiger partial charge in [-0.3, -0.25) is 4.99 Å². The van der Waals surface area contributed by atoms with E-state index in [1.54, 1.807) is 20.5 Å². The molecule has 0 atom stereocenters. The molecule has 7 heteroatoms. The van der Waals surface area contributed by atoms with Crippen LogP contribution < -0.4 is 15.4 Å². The van der Waals surface area contributed by atoms with Crippen molar-refractivity contribution in [3.05, 3.63) is 42.0 Å². The van der Waals surface area contributed by atoms with Crippen molar-refractivity contribution in [2.75, 3.05) is 27.2 Å². The topological polar surface area (TPSA) is 76.4 Å². The van der Waals surface area contributed by atoms with Gasteiger partial charge in [-0.15, -0.1) is 10.2 Å². The van der Waals surface area contributed by atoms with Gasteiger partial charge in [0.1, 0.15) is 17.9 Å². The summed E-state index contributed by atoms with van der Waals surface area (Å²) in [7, 11) is 3.47. The predicted octanol–water partition coefficient (Wildman–Crippen LogP) is 1.65. The number of benzene rings is 1. The van der Waals surface area contributed by atoms with E-state index in [0.717, 1.165) is 56.4 Å². The van der Waals surface area contributed by atoms with Crippen molar-refractivity contribution in [2.24, 2.45) is 4.99 Å². The SMILES string of the molecule is CCc1nncn1CCNC(=NC)NCCCc1ccc(OC)cc1. The van der Waals surface area contributed by atoms with Gasteiger partial charge < -0.3 is 19.9 Å². The Bertz CT molecular complexity index is 650. The van der Waals surface area contributed by atoms with E-state index in [4.69, 9.17) is 4.74 Å². The van der Waals surface area contributed by atoms with Crippen LogP contribution in [0.5, 0.6) is 5.75 Å². The van der Waals surface area contributed by atoms with Gasteiger partial charge in [0.05, 0.1) is 7.11 Å². The van der Waals surface area contributed by atoms with Gasteiger partial charge in [-0.1, -0.05) is 19.1 Å². The maximum Gasteiger partial charge on any atom is 0.191 e. The van der Waals surface area contributed by atoms with Gasteiger partial charge in [0.15, 0.2) is 5.96 Å². The molecular formula is C18H28N6O. The molecule has 2 rings (SSSR count). The van der Waals surface area contributed by atoms with Gasteiger partial charge >= 0.3 is 0 Å². The van der Waals surface area contributed by atoms with Gasteiger partial charge in [-0.2, -0.15) is 0 Å². The van der Waals surface area contributed by atoms with Crippen LogP contribution in [-0.4, -0.2) is 48.0 Å². The third-order valence-electron chi connectivity index (χ3n) is 3.97. The first-order valence-corrected chi connectivity index (χ1v) is 8.71. The minimum absolute atomic E-state index is 0.781. The molecule has 136 valence electrons. The molecule has 0 amide bonds. The van der Waals surface area contributed by atoms with Crippen molar-refractivity contribution < 1.29 is 4.74 Å². The molecule has 0 fully saturated rings. The monoisotopic (exact) mass is 344 g/mol. The highest BCUT2D eigenvalue weighted by molar-refractivity contribution is 5.79. The van der Waals surface area contributed by atoms with Crippen LogP contribution >= 0.6 is 0 Å². The standard InChI is InChI=1S/C18H28N6O/c1-4-17-23-22-14-24(17)13-12-21-18(19-2)20-11-5-6-15-7-9-16(25-3)10-8-15/h7-10,14H,4-6,11-13H2,1-3H3,(H2,19,20,21). The van der Waals surface area contributed by atoms with Gasteiger partial charge in [0.25, 0.3) is 0 Å². The summed E-state index contributed by atoms with van der Waals surface area (Å²) in [6.07, 6.45) is 4.72. The number of guanidine groups is 1. The van der Waals surface area contributed by atoms with Crippen molar-refractivity contribution >= 4 is 5.96 Å². The first kappa shape index (κ1) is 18.8. The summed E-state index contributed by atoms with van der Waals surface area (Å²) in [5.41, 5.74) is 1.31. The van der Waals surface area contributed by atoms with Crippen LogP contribution in [0, 0.1) is 0 Å². The zero-order valence-corrected chi connectivity index (χ0v) is 15.3. The van der Waals surface area contributed by atoms with E-state index >= 15 is 0 Å². The molecule has 0 aliphatic heterocycles. The molecule has 1 heterocycles. The molecule has 0 radical (unpaired) electrons. The molecule has 1 aromatic carbocycles. The Hall–Kier alpha value is -2.57. The Kier molecular flexibility index (Phi) is 7.75. The highest BCUT2D eigenvalue weighted by Gasteiger charge is 2.02. The van der Waals surface area contributed by atoms with Crippen LogP contribution in [0.25, 0.3) is 0 Å². The van der Waals surface area contributed by atoms with Crippen LogP contribution in [-0.2, 0) is 19.4 Å². The van der Waals surface area contributed by atoms with Crippen LogP contribution in [0.15, 0.2) is 35.6 Å². The van der Waals surface area contributed by atoms with Crippen molar-refractivity contribution in [2.45, 2.75) is 32.7 Å². The van der Waals surface area contributed by atoms with E-state index in [1.165, 1.54) is 5.56 Å². The third kappa shape index (κ3) is 6.10. The molecule has 0 aliphatic rings. The molecule has 7 nitrogen and oxygen atoms in total. The number of hydrogen-bond donors (Lipinski definition) is 2. The van der Waals surface area contributed by atoms with E-state index in [-0.39, 0.29) is 0 Å². The maximum atomic E-state index is 5.17. The third-order valence-corrected chi connectivity index (χ3v) is 3.97. The van der Waals surface area contributed by atoms with Crippen molar-refractivity contribution in [3.63, 3.8) is 0 Å². The van der Waals surface area contributed by atoms with Gasteiger partial charge in [0, 0.05) is 33.1 Å². The lowest BCUT2D eigenvalue weighted by Gasteiger charge is -2.12. The molecule has 0 aliphatic carbocycles. The summed E-state index contributed by atoms with van der Waals surface area (Å²) in [5, 5.41) is 14.7. The average Bonchev–Trinajstić information content (AvgIpc) is 3.11. The Morgan fingerprint density at radius 3 is 2.64 bits per heavy atom. The number of methoxy groups -OCH3 is 1. The highest BCUT2D eigenvalue weighted by atomic mass is 16.5. The second-order valence-corrected chi connectivity index (χ2v) is 5.67. The zero-order chi connectivity index (χ0) is 17.9. The summed E-state index contributed by atoms with van der Waals surface area (Å²) in [5.74, 6) is 2.72. The molecule has 25 heavy (non-hydrogen) atoms. The highest BCUT2D eigenvalue weighted by Crippen LogP contribution is 2.12. The molecule has 0 saturated heterocycles. The fourth-order valence-electron chi connectivity index (χ4n) is 2.55. The van der Waals surface area contributed by atoms with E-state index in [9.17, 15) is 0 Å². The molecule has 2 aromatic rings. The van der Waals surface area contributed by atoms with Crippen molar-refractivity contribution in [1.29, 1.82) is 0 Å². The number of nitrogens with one attached hydrogen (secondary N) is 2. The van der Waals surface area contributed by atoms with Crippen molar-refractivity contribution in [1.82, 2.24) is 25.4 Å². The molecule has 0 bridgehead atoms. The quantitative estimate of drug-likeness (QED) is 0.411. The smallest absolute Gasteiger partial charge is 0.191 e. The van der Waals surface area contributed by atoms with Crippen LogP contribution in [0.1, 0.15) is 24.7 Å². The first-order valence-electron chi connectivity index (χ1n) is 8.71. The lowest BCUT2D eigenvalue weighted by molar-refractivity contribution is 0.414. The Morgan fingerprint density at radius 2 is 1.96 bits per heavy atom. The number of aryl methyl sites for hydroxylation is 2. The Balaban J connectivity index is 1.64. The lowest BCUT2D eigenvalue weighted by atomic mass is 10.1. The minimum atomic E-state index is 0.781. The number of nitrogens with zero attached hydrogens (tertiary/aromatic N) is 4.